The molecule has 18 heavy (non-hydrogen) atoms. The van der Waals surface area contributed by atoms with Crippen LogP contribution in [0.15, 0.2) is 35.7 Å². The maximum atomic E-state index is 11.1. The molecule has 0 aliphatic heterocycles. The monoisotopic (exact) mass is 261 g/mol. The molecule has 0 fully saturated rings. The van der Waals surface area contributed by atoms with Gasteiger partial charge in [-0.25, -0.2) is 0 Å². The Labute approximate surface area is 110 Å². The predicted octanol–water partition coefficient (Wildman–Crippen LogP) is 2.60. The number of amides is 1. The Hall–Kier alpha value is -2.01. The van der Waals surface area contributed by atoms with Gasteiger partial charge < -0.3 is 16.8 Å². The number of primary amides is 1. The van der Waals surface area contributed by atoms with Crippen molar-refractivity contribution >= 4 is 28.6 Å². The van der Waals surface area contributed by atoms with Crippen LogP contribution in [0.1, 0.15) is 28.2 Å². The van der Waals surface area contributed by atoms with Crippen molar-refractivity contribution in [2.24, 2.45) is 5.73 Å². The van der Waals surface area contributed by atoms with E-state index in [9.17, 15) is 4.79 Å². The minimum Gasteiger partial charge on any atom is -0.397 e. The Balaban J connectivity index is 2.23. The lowest BCUT2D eigenvalue weighted by atomic mass is 10.1. The van der Waals surface area contributed by atoms with Gasteiger partial charge in [-0.15, -0.1) is 11.3 Å². The van der Waals surface area contributed by atoms with E-state index in [1.807, 2.05) is 18.4 Å². The number of rotatable bonds is 4. The van der Waals surface area contributed by atoms with Crippen molar-refractivity contribution < 1.29 is 4.79 Å². The van der Waals surface area contributed by atoms with Gasteiger partial charge in [-0.3, -0.25) is 4.79 Å². The molecule has 1 unspecified atom stereocenters. The fraction of sp³-hybridized carbons (Fsp3) is 0.154. The molecule has 0 aliphatic rings. The predicted molar refractivity (Wildman–Crippen MR) is 75.7 cm³/mol. The highest BCUT2D eigenvalue weighted by Gasteiger charge is 2.10. The van der Waals surface area contributed by atoms with Gasteiger partial charge >= 0.3 is 0 Å². The Morgan fingerprint density at radius 3 is 2.78 bits per heavy atom. The van der Waals surface area contributed by atoms with Crippen LogP contribution in [-0.2, 0) is 0 Å². The first-order valence-corrected chi connectivity index (χ1v) is 6.45. The van der Waals surface area contributed by atoms with Crippen LogP contribution in [0, 0.1) is 0 Å². The molecule has 2 aromatic rings. The van der Waals surface area contributed by atoms with E-state index in [-0.39, 0.29) is 6.04 Å². The zero-order valence-electron chi connectivity index (χ0n) is 10.0. The molecule has 5 N–H and O–H groups in total. The zero-order valence-corrected chi connectivity index (χ0v) is 10.8. The molecule has 0 saturated heterocycles. The van der Waals surface area contributed by atoms with Crippen molar-refractivity contribution in [2.75, 3.05) is 11.1 Å². The number of nitrogens with two attached hydrogens (primary N) is 2. The molecule has 0 radical (unpaired) electrons. The van der Waals surface area contributed by atoms with Crippen LogP contribution in [0.4, 0.5) is 11.4 Å². The number of nitrogen functional groups attached to an aromatic ring is 1. The maximum Gasteiger partial charge on any atom is 0.248 e. The molecule has 94 valence electrons. The summed E-state index contributed by atoms with van der Waals surface area (Å²) in [5.41, 5.74) is 12.9. The summed E-state index contributed by atoms with van der Waals surface area (Å²) in [4.78, 5) is 12.3. The average Bonchev–Trinajstić information content (AvgIpc) is 2.85. The lowest BCUT2D eigenvalue weighted by Crippen LogP contribution is -2.13. The van der Waals surface area contributed by atoms with Crippen LogP contribution in [-0.4, -0.2) is 5.91 Å². The molecule has 0 aliphatic carbocycles. The molecule has 1 aromatic carbocycles. The smallest absolute Gasteiger partial charge is 0.248 e. The first-order valence-electron chi connectivity index (χ1n) is 5.57. The summed E-state index contributed by atoms with van der Waals surface area (Å²) in [6.07, 6.45) is 0. The Kier molecular flexibility index (Phi) is 3.53. The molecule has 2 rings (SSSR count). The summed E-state index contributed by atoms with van der Waals surface area (Å²) >= 11 is 1.67. The molecular weight excluding hydrogens is 246 g/mol. The minimum atomic E-state index is -0.457. The molecule has 0 bridgehead atoms. The molecule has 0 saturated carbocycles. The summed E-state index contributed by atoms with van der Waals surface area (Å²) in [6.45, 7) is 2.04. The van der Waals surface area contributed by atoms with Gasteiger partial charge in [0.2, 0.25) is 5.91 Å². The van der Waals surface area contributed by atoms with Crippen LogP contribution in [0.5, 0.6) is 0 Å². The van der Waals surface area contributed by atoms with Gasteiger partial charge in [-0.05, 0) is 36.6 Å². The van der Waals surface area contributed by atoms with E-state index in [0.29, 0.717) is 11.3 Å². The minimum absolute atomic E-state index is 0.135. The third kappa shape index (κ3) is 2.62. The van der Waals surface area contributed by atoms with E-state index >= 15 is 0 Å². The van der Waals surface area contributed by atoms with Crippen LogP contribution in [0.25, 0.3) is 0 Å². The van der Waals surface area contributed by atoms with E-state index in [2.05, 4.69) is 11.4 Å². The van der Waals surface area contributed by atoms with Gasteiger partial charge in [0, 0.05) is 10.4 Å². The Bertz CT molecular complexity index is 551. The quantitative estimate of drug-likeness (QED) is 0.740. The highest BCUT2D eigenvalue weighted by Crippen LogP contribution is 2.27. The number of hydrogen-bond donors (Lipinski definition) is 3. The van der Waals surface area contributed by atoms with E-state index in [1.54, 1.807) is 29.5 Å². The number of nitrogens with one attached hydrogen (secondary N) is 1. The van der Waals surface area contributed by atoms with Crippen LogP contribution in [0.3, 0.4) is 0 Å². The summed E-state index contributed by atoms with van der Waals surface area (Å²) in [5, 5.41) is 5.31. The summed E-state index contributed by atoms with van der Waals surface area (Å²) < 4.78 is 0. The molecule has 4 nitrogen and oxygen atoms in total. The summed E-state index contributed by atoms with van der Waals surface area (Å²) in [5.74, 6) is -0.457. The van der Waals surface area contributed by atoms with Gasteiger partial charge in [0.25, 0.3) is 0 Å². The third-order valence-electron chi connectivity index (χ3n) is 2.68. The highest BCUT2D eigenvalue weighted by atomic mass is 32.1. The number of hydrogen-bond acceptors (Lipinski definition) is 4. The molecule has 1 amide bonds. The van der Waals surface area contributed by atoms with Crippen molar-refractivity contribution in [1.29, 1.82) is 0 Å². The van der Waals surface area contributed by atoms with E-state index < -0.39 is 5.91 Å². The molecule has 1 heterocycles. The van der Waals surface area contributed by atoms with Gasteiger partial charge in [-0.1, -0.05) is 6.07 Å². The average molecular weight is 261 g/mol. The highest BCUT2D eigenvalue weighted by molar-refractivity contribution is 7.10. The molecule has 0 spiro atoms. The van der Waals surface area contributed by atoms with Crippen molar-refractivity contribution in [2.45, 2.75) is 13.0 Å². The van der Waals surface area contributed by atoms with E-state index in [4.69, 9.17) is 11.5 Å². The Morgan fingerprint density at radius 1 is 1.39 bits per heavy atom. The summed E-state index contributed by atoms with van der Waals surface area (Å²) in [7, 11) is 0. The largest absolute Gasteiger partial charge is 0.397 e. The fourth-order valence-electron chi connectivity index (χ4n) is 1.68. The van der Waals surface area contributed by atoms with Crippen molar-refractivity contribution in [1.82, 2.24) is 0 Å². The van der Waals surface area contributed by atoms with Crippen LogP contribution < -0.4 is 16.8 Å². The van der Waals surface area contributed by atoms with Crippen molar-refractivity contribution in [3.63, 3.8) is 0 Å². The summed E-state index contributed by atoms with van der Waals surface area (Å²) in [6, 6.07) is 9.18. The van der Waals surface area contributed by atoms with Crippen molar-refractivity contribution in [3.8, 4) is 0 Å². The van der Waals surface area contributed by atoms with Crippen LogP contribution >= 0.6 is 11.3 Å². The topological polar surface area (TPSA) is 81.1 Å². The lowest BCUT2D eigenvalue weighted by Gasteiger charge is -2.16. The van der Waals surface area contributed by atoms with Gasteiger partial charge in [0.1, 0.15) is 0 Å². The normalized spacial score (nSPS) is 12.1. The molecule has 1 atom stereocenters. The maximum absolute atomic E-state index is 11.1. The second-order valence-corrected chi connectivity index (χ2v) is 5.03. The standard InChI is InChI=1S/C13H15N3OS/c1-8(12-3-2-6-18-12)16-11-7-9(13(15)17)4-5-10(11)14/h2-8,16H,14H2,1H3,(H2,15,17). The number of carbonyl (C=O) groups is 1. The SMILES string of the molecule is CC(Nc1cc(C(N)=O)ccc1N)c1cccs1. The fourth-order valence-corrected chi connectivity index (χ4v) is 2.41. The molecule has 1 aromatic heterocycles. The molecular formula is C13H15N3OS. The number of anilines is 2. The van der Waals surface area contributed by atoms with Crippen LogP contribution in [0.2, 0.25) is 0 Å². The lowest BCUT2D eigenvalue weighted by molar-refractivity contribution is 0.100. The number of carbonyl (C=O) groups excluding carboxylic acids is 1. The van der Waals surface area contributed by atoms with Gasteiger partial charge in [0.05, 0.1) is 17.4 Å². The zero-order chi connectivity index (χ0) is 13.1. The van der Waals surface area contributed by atoms with Gasteiger partial charge in [-0.2, -0.15) is 0 Å². The van der Waals surface area contributed by atoms with E-state index in [0.717, 1.165) is 5.69 Å². The van der Waals surface area contributed by atoms with E-state index in [1.165, 1.54) is 4.88 Å². The molecule has 5 heteroatoms. The van der Waals surface area contributed by atoms with Gasteiger partial charge in [0.15, 0.2) is 0 Å². The van der Waals surface area contributed by atoms with Crippen molar-refractivity contribution in [3.05, 3.63) is 46.2 Å². The number of thiophene rings is 1. The Morgan fingerprint density at radius 2 is 2.17 bits per heavy atom. The third-order valence-corrected chi connectivity index (χ3v) is 3.73. The first kappa shape index (κ1) is 12.4. The first-order chi connectivity index (χ1) is 8.58. The second-order valence-electron chi connectivity index (χ2n) is 4.05. The second kappa shape index (κ2) is 5.10. The number of benzene rings is 1.